The van der Waals surface area contributed by atoms with E-state index in [0.29, 0.717) is 0 Å². The number of amides is 1. The second kappa shape index (κ2) is 2.99. The molecule has 72 valence electrons. The quantitative estimate of drug-likeness (QED) is 0.668. The minimum Gasteiger partial charge on any atom is -0.284 e. The Balaban J connectivity index is 2.65. The third kappa shape index (κ3) is 2.39. The van der Waals surface area contributed by atoms with Crippen LogP contribution in [0.5, 0.6) is 0 Å². The monoisotopic (exact) mass is 195 g/mol. The van der Waals surface area contributed by atoms with Crippen LogP contribution in [0, 0.1) is 0 Å². The maximum Gasteiger partial charge on any atom is 0.471 e. The maximum absolute atomic E-state index is 11.6. The van der Waals surface area contributed by atoms with Gasteiger partial charge >= 0.3 is 12.1 Å². The van der Waals surface area contributed by atoms with Gasteiger partial charge in [0.2, 0.25) is 0 Å². The van der Waals surface area contributed by atoms with E-state index in [1.54, 1.807) is 0 Å². The first-order valence-corrected chi connectivity index (χ1v) is 3.02. The number of alkyl halides is 3. The minimum atomic E-state index is -4.95. The summed E-state index contributed by atoms with van der Waals surface area (Å²) in [6.45, 7) is 0. The van der Waals surface area contributed by atoms with Gasteiger partial charge in [0.1, 0.15) is 0 Å². The SMILES string of the molecule is Cn1nnc(NC(=O)C(F)(F)F)n1. The molecule has 1 heterocycles. The summed E-state index contributed by atoms with van der Waals surface area (Å²) in [6, 6.07) is 0. The van der Waals surface area contributed by atoms with Crippen molar-refractivity contribution in [3.63, 3.8) is 0 Å². The van der Waals surface area contributed by atoms with Gasteiger partial charge in [-0.25, -0.2) is 0 Å². The highest BCUT2D eigenvalue weighted by atomic mass is 19.4. The van der Waals surface area contributed by atoms with Gasteiger partial charge in [0.05, 0.1) is 7.05 Å². The Labute approximate surface area is 69.7 Å². The van der Waals surface area contributed by atoms with Crippen LogP contribution < -0.4 is 5.32 Å². The number of anilines is 1. The molecule has 1 aromatic heterocycles. The molecular weight excluding hydrogens is 191 g/mol. The van der Waals surface area contributed by atoms with Crippen LogP contribution in [0.2, 0.25) is 0 Å². The molecule has 0 fully saturated rings. The molecule has 1 N–H and O–H groups in total. The zero-order chi connectivity index (χ0) is 10.1. The Bertz CT molecular complexity index is 318. The smallest absolute Gasteiger partial charge is 0.284 e. The summed E-state index contributed by atoms with van der Waals surface area (Å²) in [6.07, 6.45) is -4.95. The zero-order valence-electron chi connectivity index (χ0n) is 6.33. The molecule has 0 aromatic carbocycles. The number of nitrogens with one attached hydrogen (secondary N) is 1. The van der Waals surface area contributed by atoms with E-state index in [0.717, 1.165) is 4.80 Å². The summed E-state index contributed by atoms with van der Waals surface area (Å²) in [5.41, 5.74) is 0. The normalized spacial score (nSPS) is 11.4. The Morgan fingerprint density at radius 3 is 2.54 bits per heavy atom. The van der Waals surface area contributed by atoms with Crippen molar-refractivity contribution in [2.75, 3.05) is 5.32 Å². The molecule has 0 spiro atoms. The predicted octanol–water partition coefficient (Wildman–Crippen LogP) is -0.289. The zero-order valence-corrected chi connectivity index (χ0v) is 6.33. The van der Waals surface area contributed by atoms with Crippen LogP contribution in [0.15, 0.2) is 0 Å². The number of halogens is 3. The Morgan fingerprint density at radius 1 is 1.54 bits per heavy atom. The highest BCUT2D eigenvalue weighted by Gasteiger charge is 2.39. The average molecular weight is 195 g/mol. The second-order valence-electron chi connectivity index (χ2n) is 2.05. The van der Waals surface area contributed by atoms with Gasteiger partial charge in [-0.1, -0.05) is 5.10 Å². The molecule has 1 amide bonds. The summed E-state index contributed by atoms with van der Waals surface area (Å²) in [7, 11) is 1.36. The van der Waals surface area contributed by atoms with Crippen molar-refractivity contribution in [3.8, 4) is 0 Å². The van der Waals surface area contributed by atoms with Crippen LogP contribution in [0.4, 0.5) is 19.1 Å². The van der Waals surface area contributed by atoms with Crippen molar-refractivity contribution >= 4 is 11.9 Å². The summed E-state index contributed by atoms with van der Waals surface area (Å²) in [5.74, 6) is -2.61. The largest absolute Gasteiger partial charge is 0.471 e. The minimum absolute atomic E-state index is 0.482. The van der Waals surface area contributed by atoms with Crippen LogP contribution in [0.3, 0.4) is 0 Å². The van der Waals surface area contributed by atoms with Crippen molar-refractivity contribution in [3.05, 3.63) is 0 Å². The fraction of sp³-hybridized carbons (Fsp3) is 0.500. The molecule has 1 aromatic rings. The number of hydrogen-bond acceptors (Lipinski definition) is 4. The number of aromatic nitrogens is 4. The molecule has 6 nitrogen and oxygen atoms in total. The third-order valence-electron chi connectivity index (χ3n) is 0.991. The molecule has 0 aliphatic rings. The summed E-state index contributed by atoms with van der Waals surface area (Å²) < 4.78 is 34.9. The molecule has 0 atom stereocenters. The highest BCUT2D eigenvalue weighted by Crippen LogP contribution is 2.15. The first-order valence-electron chi connectivity index (χ1n) is 3.02. The molecule has 9 heteroatoms. The lowest BCUT2D eigenvalue weighted by atomic mass is 10.6. The molecule has 0 bridgehead atoms. The van der Waals surface area contributed by atoms with Crippen LogP contribution in [-0.4, -0.2) is 32.3 Å². The van der Waals surface area contributed by atoms with E-state index in [2.05, 4.69) is 15.4 Å². The lowest BCUT2D eigenvalue weighted by Crippen LogP contribution is -2.30. The fourth-order valence-electron chi connectivity index (χ4n) is 0.507. The number of carbonyl (C=O) groups is 1. The lowest BCUT2D eigenvalue weighted by Gasteiger charge is -2.02. The molecule has 0 saturated carbocycles. The van der Waals surface area contributed by atoms with Gasteiger partial charge in [-0.15, -0.1) is 5.10 Å². The van der Waals surface area contributed by atoms with Crippen LogP contribution in [0.25, 0.3) is 0 Å². The van der Waals surface area contributed by atoms with Gasteiger partial charge in [-0.05, 0) is 5.21 Å². The predicted molar refractivity (Wildman–Crippen MR) is 33.5 cm³/mol. The molecule has 0 aliphatic carbocycles. The Kier molecular flexibility index (Phi) is 2.17. The lowest BCUT2D eigenvalue weighted by molar-refractivity contribution is -0.167. The van der Waals surface area contributed by atoms with Crippen molar-refractivity contribution < 1.29 is 18.0 Å². The number of tetrazole rings is 1. The van der Waals surface area contributed by atoms with Crippen molar-refractivity contribution in [2.45, 2.75) is 6.18 Å². The molecule has 0 unspecified atom stereocenters. The number of hydrogen-bond donors (Lipinski definition) is 1. The van der Waals surface area contributed by atoms with Gasteiger partial charge in [0.25, 0.3) is 5.95 Å². The third-order valence-corrected chi connectivity index (χ3v) is 0.991. The van der Waals surface area contributed by atoms with Crippen molar-refractivity contribution in [1.29, 1.82) is 0 Å². The summed E-state index contributed by atoms with van der Waals surface area (Å²) in [4.78, 5) is 11.2. The summed E-state index contributed by atoms with van der Waals surface area (Å²) in [5, 5.41) is 11.1. The van der Waals surface area contributed by atoms with Crippen LogP contribution >= 0.6 is 0 Å². The molecule has 0 radical (unpaired) electrons. The van der Waals surface area contributed by atoms with Gasteiger partial charge < -0.3 is 0 Å². The van der Waals surface area contributed by atoms with Crippen LogP contribution in [0.1, 0.15) is 0 Å². The van der Waals surface area contributed by atoms with Crippen molar-refractivity contribution in [1.82, 2.24) is 20.2 Å². The first-order chi connectivity index (χ1) is 5.89. The molecular formula is C4H4F3N5O. The van der Waals surface area contributed by atoms with E-state index in [1.165, 1.54) is 12.4 Å². The molecule has 0 aliphatic heterocycles. The number of aryl methyl sites for hydroxylation is 1. The summed E-state index contributed by atoms with van der Waals surface area (Å²) >= 11 is 0. The maximum atomic E-state index is 11.6. The standard InChI is InChI=1S/C4H4F3N5O/c1-12-10-3(9-11-12)8-2(13)4(5,6)7/h1H3,(H,8,10,13). The van der Waals surface area contributed by atoms with E-state index in [4.69, 9.17) is 0 Å². The fourth-order valence-corrected chi connectivity index (χ4v) is 0.507. The van der Waals surface area contributed by atoms with Gasteiger partial charge in [-0.2, -0.15) is 18.0 Å². The number of rotatable bonds is 1. The number of nitrogens with zero attached hydrogens (tertiary/aromatic N) is 4. The second-order valence-corrected chi connectivity index (χ2v) is 2.05. The van der Waals surface area contributed by atoms with E-state index in [-0.39, 0.29) is 0 Å². The average Bonchev–Trinajstić information content (AvgIpc) is 2.33. The Morgan fingerprint density at radius 2 is 2.15 bits per heavy atom. The van der Waals surface area contributed by atoms with Gasteiger partial charge in [0.15, 0.2) is 0 Å². The topological polar surface area (TPSA) is 72.7 Å². The van der Waals surface area contributed by atoms with E-state index < -0.39 is 18.0 Å². The Hall–Kier alpha value is -1.67. The number of carbonyl (C=O) groups excluding carboxylic acids is 1. The first kappa shape index (κ1) is 9.42. The van der Waals surface area contributed by atoms with Gasteiger partial charge in [0, 0.05) is 0 Å². The molecule has 13 heavy (non-hydrogen) atoms. The molecule has 1 rings (SSSR count). The van der Waals surface area contributed by atoms with Crippen LogP contribution in [-0.2, 0) is 11.8 Å². The molecule has 0 saturated heterocycles. The van der Waals surface area contributed by atoms with E-state index in [9.17, 15) is 18.0 Å². The van der Waals surface area contributed by atoms with Crippen molar-refractivity contribution in [2.24, 2.45) is 7.05 Å². The highest BCUT2D eigenvalue weighted by molar-refractivity contribution is 5.93. The van der Waals surface area contributed by atoms with E-state index in [1.807, 2.05) is 0 Å². The van der Waals surface area contributed by atoms with E-state index >= 15 is 0 Å². The van der Waals surface area contributed by atoms with Gasteiger partial charge in [-0.3, -0.25) is 10.1 Å².